The van der Waals surface area contributed by atoms with Crippen LogP contribution in [0, 0.1) is 17.3 Å². The van der Waals surface area contributed by atoms with Crippen molar-refractivity contribution in [3.63, 3.8) is 0 Å². The third-order valence-corrected chi connectivity index (χ3v) is 6.62. The molecule has 0 heterocycles. The Balaban J connectivity index is 7.21. The lowest BCUT2D eigenvalue weighted by Crippen LogP contribution is -2.78. The van der Waals surface area contributed by atoms with Crippen LogP contribution in [0.5, 0.6) is 0 Å². The van der Waals surface area contributed by atoms with Crippen LogP contribution in [-0.4, -0.2) is 72.8 Å². The minimum absolute atomic E-state index is 0.103. The molecule has 0 fully saturated rings. The van der Waals surface area contributed by atoms with Crippen molar-refractivity contribution in [1.82, 2.24) is 0 Å². The highest BCUT2D eigenvalue weighted by Gasteiger charge is 2.99. The lowest BCUT2D eigenvalue weighted by atomic mass is 9.69. The SMILES string of the molecule is CCC(C)C(=O)OCC(C)CCC(F)C(C(F)(F)F)(C(F)(F)F)C(F)(F)C(F)(F)C(F)(F)C(F)(F)C(F)(F)C(F)(F)C(F)(F)F. The molecule has 0 rings (SSSR count). The first-order valence-electron chi connectivity index (χ1n) is 11.7. The molecular weight excluding hydrogens is 702 g/mol. The average molecular weight is 722 g/mol. The fourth-order valence-electron chi connectivity index (χ4n) is 3.55. The van der Waals surface area contributed by atoms with Crippen molar-refractivity contribution in [2.45, 2.75) is 100 Å². The van der Waals surface area contributed by atoms with Gasteiger partial charge in [-0.25, -0.2) is 4.39 Å². The highest BCUT2D eigenvalue weighted by molar-refractivity contribution is 5.71. The molecule has 0 aromatic carbocycles. The fraction of sp³-hybridized carbons (Fsp3) is 0.952. The minimum Gasteiger partial charge on any atom is -0.465 e. The summed E-state index contributed by atoms with van der Waals surface area (Å²) in [5.74, 6) is -58.0. The van der Waals surface area contributed by atoms with Crippen LogP contribution in [0.4, 0.5) is 96.6 Å². The van der Waals surface area contributed by atoms with Crippen molar-refractivity contribution in [1.29, 1.82) is 0 Å². The number of hydrogen-bond donors (Lipinski definition) is 0. The van der Waals surface area contributed by atoms with Crippen LogP contribution in [0.25, 0.3) is 0 Å². The Hall–Kier alpha value is -2.07. The summed E-state index contributed by atoms with van der Waals surface area (Å²) in [5.41, 5.74) is -8.23. The quantitative estimate of drug-likeness (QED) is 0.132. The van der Waals surface area contributed by atoms with Gasteiger partial charge in [0.25, 0.3) is 5.41 Å². The molecule has 0 radical (unpaired) electrons. The predicted octanol–water partition coefficient (Wildman–Crippen LogP) is 9.82. The monoisotopic (exact) mass is 722 g/mol. The number of hydrogen-bond acceptors (Lipinski definition) is 2. The molecule has 0 saturated carbocycles. The molecule has 0 bridgehead atoms. The Labute approximate surface area is 237 Å². The first-order valence-corrected chi connectivity index (χ1v) is 11.7. The molecule has 0 amide bonds. The van der Waals surface area contributed by atoms with E-state index < -0.39 is 103 Å². The Morgan fingerprint density at radius 1 is 0.533 bits per heavy atom. The van der Waals surface area contributed by atoms with Crippen LogP contribution < -0.4 is 0 Å². The van der Waals surface area contributed by atoms with Crippen LogP contribution in [0.1, 0.15) is 40.0 Å². The van der Waals surface area contributed by atoms with E-state index in [9.17, 15) is 101 Å². The summed E-state index contributed by atoms with van der Waals surface area (Å²) < 4.78 is 303. The van der Waals surface area contributed by atoms with E-state index in [2.05, 4.69) is 4.74 Å². The summed E-state index contributed by atoms with van der Waals surface area (Å²) in [5, 5.41) is 0. The van der Waals surface area contributed by atoms with E-state index in [-0.39, 0.29) is 6.42 Å². The number of rotatable bonds is 14. The molecule has 270 valence electrons. The maximum absolute atomic E-state index is 14.7. The van der Waals surface area contributed by atoms with Crippen molar-refractivity contribution in [3.8, 4) is 0 Å². The van der Waals surface area contributed by atoms with E-state index in [4.69, 9.17) is 0 Å². The largest absolute Gasteiger partial charge is 0.465 e. The third-order valence-electron chi connectivity index (χ3n) is 6.62. The normalized spacial score (nSPS) is 17.6. The van der Waals surface area contributed by atoms with E-state index >= 15 is 0 Å². The fourth-order valence-corrected chi connectivity index (χ4v) is 3.55. The van der Waals surface area contributed by atoms with Gasteiger partial charge >= 0.3 is 60.0 Å². The van der Waals surface area contributed by atoms with Crippen LogP contribution in [-0.2, 0) is 9.53 Å². The van der Waals surface area contributed by atoms with Gasteiger partial charge in [0.15, 0.2) is 0 Å². The summed E-state index contributed by atoms with van der Waals surface area (Å²) in [7, 11) is 0. The van der Waals surface area contributed by atoms with Gasteiger partial charge in [0.1, 0.15) is 6.17 Å². The second-order valence-electron chi connectivity index (χ2n) is 9.84. The molecular formula is C21H20F22O2. The third kappa shape index (κ3) is 6.56. The highest BCUT2D eigenvalue weighted by atomic mass is 19.4. The number of carbonyl (C=O) groups excluding carboxylic acids is 1. The first kappa shape index (κ1) is 42.9. The number of alkyl halides is 22. The first-order chi connectivity index (χ1) is 19.4. The van der Waals surface area contributed by atoms with Gasteiger partial charge < -0.3 is 4.74 Å². The van der Waals surface area contributed by atoms with Gasteiger partial charge in [-0.15, -0.1) is 0 Å². The topological polar surface area (TPSA) is 26.3 Å². The van der Waals surface area contributed by atoms with Crippen LogP contribution in [0.15, 0.2) is 0 Å². The molecule has 0 saturated heterocycles. The Morgan fingerprint density at radius 3 is 1.18 bits per heavy atom. The summed E-state index contributed by atoms with van der Waals surface area (Å²) in [6.07, 6.45) is -34.4. The zero-order chi connectivity index (χ0) is 36.8. The lowest BCUT2D eigenvalue weighted by Gasteiger charge is -2.49. The summed E-state index contributed by atoms with van der Waals surface area (Å²) in [6, 6.07) is 0. The van der Waals surface area contributed by atoms with Gasteiger partial charge in [-0.3, -0.25) is 4.79 Å². The summed E-state index contributed by atoms with van der Waals surface area (Å²) in [4.78, 5) is 11.6. The Bertz CT molecular complexity index is 994. The van der Waals surface area contributed by atoms with Crippen molar-refractivity contribution in [3.05, 3.63) is 0 Å². The Kier molecular flexibility index (Phi) is 11.9. The van der Waals surface area contributed by atoms with Crippen LogP contribution >= 0.6 is 0 Å². The number of halogens is 22. The van der Waals surface area contributed by atoms with E-state index in [0.29, 0.717) is 0 Å². The zero-order valence-electron chi connectivity index (χ0n) is 22.2. The molecule has 0 aromatic rings. The van der Waals surface area contributed by atoms with Gasteiger partial charge in [0.2, 0.25) is 0 Å². The van der Waals surface area contributed by atoms with Gasteiger partial charge in [0, 0.05) is 0 Å². The second-order valence-corrected chi connectivity index (χ2v) is 9.84. The Morgan fingerprint density at radius 2 is 0.867 bits per heavy atom. The smallest absolute Gasteiger partial charge is 0.460 e. The van der Waals surface area contributed by atoms with Gasteiger partial charge in [-0.05, 0) is 25.2 Å². The molecule has 24 heteroatoms. The van der Waals surface area contributed by atoms with Crippen molar-refractivity contribution >= 4 is 5.97 Å². The highest BCUT2D eigenvalue weighted by Crippen LogP contribution is 2.70. The maximum Gasteiger partial charge on any atom is 0.460 e. The molecule has 0 spiro atoms. The standard InChI is InChI=1S/C21H20F22O2/c1-4-9(3)11(44)45-7-8(2)5-6-10(22)12(19(35,36)37,20(38,39)40)13(23,24)14(25,26)15(27,28)16(29,30)17(31,32)18(33,34)21(41,42)43/h8-10H,4-7H2,1-3H3. The molecule has 2 nitrogen and oxygen atoms in total. The summed E-state index contributed by atoms with van der Waals surface area (Å²) in [6.45, 7) is 2.38. The number of esters is 1. The van der Waals surface area contributed by atoms with Crippen LogP contribution in [0.2, 0.25) is 0 Å². The average Bonchev–Trinajstić information content (AvgIpc) is 2.82. The van der Waals surface area contributed by atoms with Gasteiger partial charge in [-0.1, -0.05) is 20.8 Å². The van der Waals surface area contributed by atoms with Crippen molar-refractivity contribution < 1.29 is 106 Å². The molecule has 3 atom stereocenters. The predicted molar refractivity (Wildman–Crippen MR) is 104 cm³/mol. The lowest BCUT2D eigenvalue weighted by molar-refractivity contribution is -0.490. The van der Waals surface area contributed by atoms with E-state index in [0.717, 1.165) is 6.92 Å². The van der Waals surface area contributed by atoms with Crippen molar-refractivity contribution in [2.75, 3.05) is 6.61 Å². The molecule has 0 aliphatic rings. The van der Waals surface area contributed by atoms with E-state index in [1.54, 1.807) is 0 Å². The maximum atomic E-state index is 14.7. The molecule has 0 aliphatic carbocycles. The summed E-state index contributed by atoms with van der Waals surface area (Å²) >= 11 is 0. The molecule has 0 N–H and O–H groups in total. The molecule has 3 unspecified atom stereocenters. The zero-order valence-corrected chi connectivity index (χ0v) is 22.2. The van der Waals surface area contributed by atoms with E-state index in [1.807, 2.05) is 0 Å². The second kappa shape index (κ2) is 12.5. The van der Waals surface area contributed by atoms with E-state index in [1.165, 1.54) is 13.8 Å². The number of carbonyl (C=O) groups is 1. The molecule has 0 aliphatic heterocycles. The molecule has 45 heavy (non-hydrogen) atoms. The van der Waals surface area contributed by atoms with Crippen molar-refractivity contribution in [2.24, 2.45) is 17.3 Å². The minimum atomic E-state index is -9.33. The van der Waals surface area contributed by atoms with Gasteiger partial charge in [0.05, 0.1) is 12.5 Å². The van der Waals surface area contributed by atoms with Crippen LogP contribution in [0.3, 0.4) is 0 Å². The molecule has 0 aromatic heterocycles. The van der Waals surface area contributed by atoms with Gasteiger partial charge in [-0.2, -0.15) is 92.2 Å². The number of ether oxygens (including phenoxy) is 1.